The molecule has 0 spiro atoms. The molecular formula is C25H36N4O3. The van der Waals surface area contributed by atoms with Crippen LogP contribution in [0.4, 0.5) is 0 Å². The summed E-state index contributed by atoms with van der Waals surface area (Å²) in [5, 5.41) is 6.70. The molecule has 0 bridgehead atoms. The summed E-state index contributed by atoms with van der Waals surface area (Å²) in [6.45, 7) is 12.3. The number of guanidine groups is 1. The summed E-state index contributed by atoms with van der Waals surface area (Å²) in [6.07, 6.45) is 2.91. The lowest BCUT2D eigenvalue weighted by molar-refractivity contribution is 0.166. The van der Waals surface area contributed by atoms with Crippen LogP contribution in [-0.4, -0.2) is 44.4 Å². The van der Waals surface area contributed by atoms with Crippen LogP contribution in [0, 0.1) is 26.7 Å². The number of benzene rings is 1. The van der Waals surface area contributed by atoms with E-state index in [0.29, 0.717) is 25.6 Å². The topological polar surface area (TPSA) is 77.0 Å². The van der Waals surface area contributed by atoms with Gasteiger partial charge in [0.2, 0.25) is 0 Å². The van der Waals surface area contributed by atoms with E-state index >= 15 is 0 Å². The van der Waals surface area contributed by atoms with Crippen molar-refractivity contribution in [3.8, 4) is 11.5 Å². The summed E-state index contributed by atoms with van der Waals surface area (Å²) in [4.78, 5) is 9.36. The van der Waals surface area contributed by atoms with Gasteiger partial charge in [-0.1, -0.05) is 12.1 Å². The zero-order chi connectivity index (χ0) is 22.9. The number of aromatic nitrogens is 1. The molecule has 2 heterocycles. The minimum absolute atomic E-state index is 0.466. The lowest BCUT2D eigenvalue weighted by atomic mass is 10.1. The van der Waals surface area contributed by atoms with Crippen molar-refractivity contribution in [3.05, 3.63) is 52.3 Å². The lowest BCUT2D eigenvalue weighted by Crippen LogP contribution is -2.37. The summed E-state index contributed by atoms with van der Waals surface area (Å²) in [5.41, 5.74) is 5.26. The molecule has 3 rings (SSSR count). The fourth-order valence-corrected chi connectivity index (χ4v) is 3.77. The molecule has 2 N–H and O–H groups in total. The Bertz CT molecular complexity index is 924. The average molecular weight is 441 g/mol. The summed E-state index contributed by atoms with van der Waals surface area (Å²) >= 11 is 0. The van der Waals surface area contributed by atoms with Crippen molar-refractivity contribution in [1.29, 1.82) is 0 Å². The van der Waals surface area contributed by atoms with E-state index in [9.17, 15) is 0 Å². The van der Waals surface area contributed by atoms with E-state index in [1.807, 2.05) is 20.0 Å². The first-order valence-corrected chi connectivity index (χ1v) is 11.3. The highest BCUT2D eigenvalue weighted by atomic mass is 16.5. The third kappa shape index (κ3) is 6.36. The number of pyridine rings is 1. The van der Waals surface area contributed by atoms with Gasteiger partial charge >= 0.3 is 0 Å². The van der Waals surface area contributed by atoms with E-state index in [2.05, 4.69) is 47.7 Å². The minimum Gasteiger partial charge on any atom is -0.496 e. The second-order valence-corrected chi connectivity index (χ2v) is 8.25. The fourth-order valence-electron chi connectivity index (χ4n) is 3.77. The van der Waals surface area contributed by atoms with Crippen LogP contribution in [0.5, 0.6) is 11.5 Å². The second kappa shape index (κ2) is 11.7. The van der Waals surface area contributed by atoms with Crippen molar-refractivity contribution in [2.24, 2.45) is 10.9 Å². The molecule has 1 aromatic heterocycles. The van der Waals surface area contributed by atoms with Gasteiger partial charge in [-0.3, -0.25) is 4.98 Å². The first-order valence-electron chi connectivity index (χ1n) is 11.3. The van der Waals surface area contributed by atoms with Gasteiger partial charge in [0.05, 0.1) is 39.1 Å². The van der Waals surface area contributed by atoms with Crippen molar-refractivity contribution in [2.45, 2.75) is 47.2 Å². The van der Waals surface area contributed by atoms with Gasteiger partial charge in [0, 0.05) is 42.0 Å². The van der Waals surface area contributed by atoms with Crippen molar-refractivity contribution in [2.75, 3.05) is 33.5 Å². The van der Waals surface area contributed by atoms with Gasteiger partial charge in [0.25, 0.3) is 0 Å². The third-order valence-electron chi connectivity index (χ3n) is 5.65. The van der Waals surface area contributed by atoms with Crippen LogP contribution in [0.15, 0.2) is 29.4 Å². The quantitative estimate of drug-likeness (QED) is 0.458. The maximum Gasteiger partial charge on any atom is 0.191 e. The largest absolute Gasteiger partial charge is 0.496 e. The Hall–Kier alpha value is -2.80. The molecule has 0 amide bonds. The van der Waals surface area contributed by atoms with Crippen molar-refractivity contribution in [1.82, 2.24) is 15.6 Å². The molecule has 1 atom stereocenters. The Balaban J connectivity index is 1.68. The van der Waals surface area contributed by atoms with Gasteiger partial charge < -0.3 is 24.8 Å². The fraction of sp³-hybridized carbons (Fsp3) is 0.520. The maximum absolute atomic E-state index is 6.16. The van der Waals surface area contributed by atoms with E-state index in [0.717, 1.165) is 66.0 Å². The number of hydrogen-bond donors (Lipinski definition) is 2. The summed E-state index contributed by atoms with van der Waals surface area (Å²) in [7, 11) is 1.69. The van der Waals surface area contributed by atoms with Crippen molar-refractivity contribution >= 4 is 5.96 Å². The number of hydrogen-bond acceptors (Lipinski definition) is 5. The molecule has 7 nitrogen and oxygen atoms in total. The van der Waals surface area contributed by atoms with E-state index in [1.54, 1.807) is 7.11 Å². The molecule has 2 aromatic rings. The summed E-state index contributed by atoms with van der Waals surface area (Å²) in [6, 6.07) is 6.29. The Morgan fingerprint density at radius 2 is 2.09 bits per heavy atom. The van der Waals surface area contributed by atoms with Gasteiger partial charge in [-0.2, -0.15) is 0 Å². The zero-order valence-electron chi connectivity index (χ0n) is 20.0. The highest BCUT2D eigenvalue weighted by Gasteiger charge is 2.17. The molecule has 1 aliphatic heterocycles. The maximum atomic E-state index is 6.16. The normalized spacial score (nSPS) is 16.2. The van der Waals surface area contributed by atoms with Gasteiger partial charge in [-0.05, 0) is 45.7 Å². The van der Waals surface area contributed by atoms with Crippen molar-refractivity contribution in [3.63, 3.8) is 0 Å². The Morgan fingerprint density at radius 1 is 1.25 bits per heavy atom. The molecule has 0 saturated carbocycles. The second-order valence-electron chi connectivity index (χ2n) is 8.25. The van der Waals surface area contributed by atoms with Crippen LogP contribution in [-0.2, 0) is 17.8 Å². The highest BCUT2D eigenvalue weighted by Crippen LogP contribution is 2.25. The first-order chi connectivity index (χ1) is 15.5. The van der Waals surface area contributed by atoms with Crippen LogP contribution in [0.25, 0.3) is 0 Å². The van der Waals surface area contributed by atoms with Gasteiger partial charge in [-0.15, -0.1) is 0 Å². The predicted molar refractivity (Wildman–Crippen MR) is 128 cm³/mol. The Morgan fingerprint density at radius 3 is 2.81 bits per heavy atom. The number of nitrogens with one attached hydrogen (secondary N) is 2. The van der Waals surface area contributed by atoms with Gasteiger partial charge in [0.15, 0.2) is 5.96 Å². The molecule has 1 fully saturated rings. The number of ether oxygens (including phenoxy) is 3. The number of aliphatic imine (C=N–C) groups is 1. The lowest BCUT2D eigenvalue weighted by Gasteiger charge is -2.16. The van der Waals surface area contributed by atoms with Crippen LogP contribution in [0.2, 0.25) is 0 Å². The number of aryl methyl sites for hydroxylation is 2. The van der Waals surface area contributed by atoms with Crippen LogP contribution < -0.4 is 20.1 Å². The standard InChI is InChI=1S/C25H36N4O3/c1-6-26-25(29-14-22-19(4)24(30-5)18(3)12-27-22)28-13-21-8-7-17(2)11-23(21)32-16-20-9-10-31-15-20/h7-8,11-12,20H,6,9-10,13-16H2,1-5H3,(H2,26,28,29). The molecule has 1 aromatic carbocycles. The van der Waals surface area contributed by atoms with E-state index in [4.69, 9.17) is 19.2 Å². The molecule has 1 saturated heterocycles. The minimum atomic E-state index is 0.466. The molecule has 0 radical (unpaired) electrons. The Kier molecular flexibility index (Phi) is 8.73. The number of nitrogens with zero attached hydrogens (tertiary/aromatic N) is 2. The monoisotopic (exact) mass is 440 g/mol. The molecule has 174 valence electrons. The van der Waals surface area contributed by atoms with Gasteiger partial charge in [0.1, 0.15) is 11.5 Å². The summed E-state index contributed by atoms with van der Waals surface area (Å²) < 4.78 is 17.2. The number of methoxy groups -OCH3 is 1. The number of rotatable bonds is 9. The predicted octanol–water partition coefficient (Wildman–Crippen LogP) is 3.69. The Labute approximate surface area is 191 Å². The molecule has 1 unspecified atom stereocenters. The SMILES string of the molecule is CCNC(=NCc1ccc(C)cc1OCC1CCOC1)NCc1ncc(C)c(OC)c1C. The third-order valence-corrected chi connectivity index (χ3v) is 5.65. The smallest absolute Gasteiger partial charge is 0.191 e. The van der Waals surface area contributed by atoms with Crippen LogP contribution in [0.3, 0.4) is 0 Å². The molecule has 0 aliphatic carbocycles. The average Bonchev–Trinajstić information content (AvgIpc) is 3.30. The molecule has 1 aliphatic rings. The van der Waals surface area contributed by atoms with E-state index in [-0.39, 0.29) is 0 Å². The van der Waals surface area contributed by atoms with Crippen molar-refractivity contribution < 1.29 is 14.2 Å². The van der Waals surface area contributed by atoms with Gasteiger partial charge in [-0.25, -0.2) is 4.99 Å². The summed E-state index contributed by atoms with van der Waals surface area (Å²) in [5.74, 6) is 2.99. The first kappa shape index (κ1) is 23.9. The van der Waals surface area contributed by atoms with E-state index < -0.39 is 0 Å². The highest BCUT2D eigenvalue weighted by molar-refractivity contribution is 5.79. The van der Waals surface area contributed by atoms with Crippen LogP contribution >= 0.6 is 0 Å². The molecule has 7 heteroatoms. The molecule has 32 heavy (non-hydrogen) atoms. The zero-order valence-corrected chi connectivity index (χ0v) is 20.0. The molecular weight excluding hydrogens is 404 g/mol. The van der Waals surface area contributed by atoms with Crippen LogP contribution in [0.1, 0.15) is 41.3 Å². The van der Waals surface area contributed by atoms with E-state index in [1.165, 1.54) is 5.56 Å².